The Labute approximate surface area is 180 Å². The monoisotopic (exact) mass is 772 g/mol. The van der Waals surface area contributed by atoms with Crippen molar-refractivity contribution in [2.24, 2.45) is 0 Å². The Morgan fingerprint density at radius 1 is 1.04 bits per heavy atom. The van der Waals surface area contributed by atoms with Crippen LogP contribution in [0.1, 0.15) is 40.0 Å². The summed E-state index contributed by atoms with van der Waals surface area (Å²) >= 11 is -2.39. The van der Waals surface area contributed by atoms with Gasteiger partial charge in [0.1, 0.15) is 0 Å². The average molecular weight is 771 g/mol. The molecular formula is C16H30Cl2Hg2O3Si. The van der Waals surface area contributed by atoms with Crippen LogP contribution in [0.15, 0.2) is 0 Å². The Bertz CT molecular complexity index is 409. The molecule has 134 valence electrons. The summed E-state index contributed by atoms with van der Waals surface area (Å²) in [7, 11) is 10.5. The van der Waals surface area contributed by atoms with Gasteiger partial charge in [-0.1, -0.05) is 0 Å². The number of rotatable bonds is 7. The van der Waals surface area contributed by atoms with Crippen molar-refractivity contribution in [3.05, 3.63) is 0 Å². The first-order chi connectivity index (χ1) is 11.2. The molecule has 0 aromatic carbocycles. The van der Waals surface area contributed by atoms with E-state index in [0.29, 0.717) is 6.10 Å². The van der Waals surface area contributed by atoms with E-state index < -0.39 is 55.0 Å². The minimum absolute atomic E-state index is 0.193. The standard InChI is InChI=1S/C16H30O3Si.2ClH.2Hg/c1-11-8-9-13(17-11)15-10-14(12(2)18-15)19-20(6,7)16(3,4)5;;;;/h11-15H,1-2,8-10H2,3-7H3;2*1H;;/q;;;2*+1/p-2/t11-,12-,13-,14+,15+;;;;/m0..../s1. The molecule has 3 nitrogen and oxygen atoms in total. The van der Waals surface area contributed by atoms with Gasteiger partial charge >= 0.3 is 182 Å². The second kappa shape index (κ2) is 9.84. The molecular weight excluding hydrogens is 740 g/mol. The van der Waals surface area contributed by atoms with Gasteiger partial charge in [-0.05, 0) is 0 Å². The van der Waals surface area contributed by atoms with E-state index in [0.717, 1.165) is 27.1 Å². The van der Waals surface area contributed by atoms with E-state index in [2.05, 4.69) is 33.9 Å². The Balaban J connectivity index is 1.99. The molecule has 0 N–H and O–H groups in total. The first kappa shape index (κ1) is 22.8. The summed E-state index contributed by atoms with van der Waals surface area (Å²) < 4.78 is 21.6. The van der Waals surface area contributed by atoms with Crippen LogP contribution in [0.3, 0.4) is 0 Å². The van der Waals surface area contributed by atoms with Crippen LogP contribution in [-0.2, 0) is 60.6 Å². The summed E-state index contributed by atoms with van der Waals surface area (Å²) in [5.41, 5.74) is 0. The summed E-state index contributed by atoms with van der Waals surface area (Å²) in [4.78, 5) is 0. The summed E-state index contributed by atoms with van der Waals surface area (Å²) in [5, 5.41) is 0.226. The third-order valence-corrected chi connectivity index (χ3v) is 20.6. The van der Waals surface area contributed by atoms with Crippen LogP contribution in [0.4, 0.5) is 0 Å². The molecule has 0 aliphatic carbocycles. The fourth-order valence-corrected chi connectivity index (χ4v) is 14.2. The molecule has 5 atom stereocenters. The Morgan fingerprint density at radius 3 is 2.29 bits per heavy atom. The van der Waals surface area contributed by atoms with Gasteiger partial charge in [0, 0.05) is 0 Å². The van der Waals surface area contributed by atoms with Crippen LogP contribution in [-0.4, -0.2) is 38.8 Å². The van der Waals surface area contributed by atoms with Crippen molar-refractivity contribution in [3.63, 3.8) is 0 Å². The number of ether oxygens (including phenoxy) is 2. The molecule has 0 amide bonds. The Morgan fingerprint density at radius 2 is 1.71 bits per heavy atom. The van der Waals surface area contributed by atoms with Crippen molar-refractivity contribution in [1.29, 1.82) is 0 Å². The summed E-state index contributed by atoms with van der Waals surface area (Å²) in [6.45, 7) is 11.6. The number of hydrogen-bond donors (Lipinski definition) is 0. The maximum atomic E-state index is 6.72. The first-order valence-corrected chi connectivity index (χ1v) is 33.5. The van der Waals surface area contributed by atoms with Gasteiger partial charge in [0.25, 0.3) is 0 Å². The molecule has 0 bridgehead atoms. The van der Waals surface area contributed by atoms with Gasteiger partial charge in [0.15, 0.2) is 0 Å². The third-order valence-electron chi connectivity index (χ3n) is 5.86. The molecule has 2 saturated heterocycles. The van der Waals surface area contributed by atoms with Crippen LogP contribution < -0.4 is 0 Å². The summed E-state index contributed by atoms with van der Waals surface area (Å²) in [5.74, 6) is 0. The van der Waals surface area contributed by atoms with Crippen molar-refractivity contribution >= 4 is 24.8 Å². The predicted molar refractivity (Wildman–Crippen MR) is 94.6 cm³/mol. The zero-order valence-electron chi connectivity index (χ0n) is 15.8. The van der Waals surface area contributed by atoms with Crippen molar-refractivity contribution in [3.8, 4) is 0 Å². The second-order valence-corrected chi connectivity index (χ2v) is 27.5. The van der Waals surface area contributed by atoms with Gasteiger partial charge in [-0.2, -0.15) is 0 Å². The zero-order chi connectivity index (χ0) is 18.0. The summed E-state index contributed by atoms with van der Waals surface area (Å²) in [6.07, 6.45) is 4.52. The van der Waals surface area contributed by atoms with Crippen molar-refractivity contribution in [1.82, 2.24) is 0 Å². The minimum atomic E-state index is -1.78. The molecule has 0 aromatic rings. The number of hydrogen-bond acceptors (Lipinski definition) is 3. The molecule has 2 rings (SSSR count). The third kappa shape index (κ3) is 6.02. The second-order valence-electron chi connectivity index (χ2n) is 8.69. The van der Waals surface area contributed by atoms with E-state index in [4.69, 9.17) is 30.4 Å². The SMILES string of the molecule is CC(C)(C)[Si](C)(C)O[C@@H]1C[C@H]([C@@H]2CC[C@H]([CH2][Hg][Cl])O2)O[C@H]1[CH2][Hg][Cl]. The van der Waals surface area contributed by atoms with E-state index in [-0.39, 0.29) is 29.5 Å². The van der Waals surface area contributed by atoms with E-state index in [9.17, 15) is 0 Å². The molecule has 2 heterocycles. The molecule has 0 aromatic heterocycles. The zero-order valence-corrected chi connectivity index (χ0v) is 29.3. The van der Waals surface area contributed by atoms with Gasteiger partial charge in [-0.3, -0.25) is 0 Å². The Kier molecular flexibility index (Phi) is 9.36. The van der Waals surface area contributed by atoms with E-state index >= 15 is 0 Å². The van der Waals surface area contributed by atoms with Crippen LogP contribution in [0.25, 0.3) is 0 Å². The fraction of sp³-hybridized carbons (Fsp3) is 1.00. The molecule has 24 heavy (non-hydrogen) atoms. The van der Waals surface area contributed by atoms with Gasteiger partial charge in [-0.25, -0.2) is 0 Å². The quantitative estimate of drug-likeness (QED) is 0.326. The molecule has 2 aliphatic heterocycles. The van der Waals surface area contributed by atoms with Gasteiger partial charge in [0.2, 0.25) is 0 Å². The van der Waals surface area contributed by atoms with Crippen molar-refractivity contribution in [2.75, 3.05) is 0 Å². The van der Waals surface area contributed by atoms with E-state index in [1.165, 1.54) is 0 Å². The maximum absolute atomic E-state index is 6.72. The van der Waals surface area contributed by atoms with Crippen molar-refractivity contribution < 1.29 is 60.6 Å². The molecule has 0 radical (unpaired) electrons. The first-order valence-electron chi connectivity index (χ1n) is 9.28. The topological polar surface area (TPSA) is 27.7 Å². The molecule has 2 fully saturated rings. The van der Waals surface area contributed by atoms with Crippen LogP contribution in [0, 0.1) is 0 Å². The summed E-state index contributed by atoms with van der Waals surface area (Å²) in [6, 6.07) is 0. The molecule has 0 saturated carbocycles. The van der Waals surface area contributed by atoms with Crippen LogP contribution in [0.5, 0.6) is 0 Å². The van der Waals surface area contributed by atoms with Gasteiger partial charge in [-0.15, -0.1) is 0 Å². The molecule has 0 unspecified atom stereocenters. The van der Waals surface area contributed by atoms with Gasteiger partial charge < -0.3 is 0 Å². The van der Waals surface area contributed by atoms with Gasteiger partial charge in [0.05, 0.1) is 0 Å². The molecule has 0 spiro atoms. The Hall–Kier alpha value is 2.55. The van der Waals surface area contributed by atoms with E-state index in [1.807, 2.05) is 0 Å². The predicted octanol–water partition coefficient (Wildman–Crippen LogP) is 5.39. The van der Waals surface area contributed by atoms with Crippen LogP contribution in [0.2, 0.25) is 26.0 Å². The normalized spacial score (nSPS) is 34.2. The number of halogens is 2. The molecule has 2 aliphatic rings. The fourth-order valence-electron chi connectivity index (χ4n) is 3.37. The molecule has 8 heteroatoms. The van der Waals surface area contributed by atoms with Crippen molar-refractivity contribution in [2.45, 2.75) is 96.5 Å². The average Bonchev–Trinajstić information content (AvgIpc) is 3.06. The van der Waals surface area contributed by atoms with E-state index in [1.54, 1.807) is 0 Å². The van der Waals surface area contributed by atoms with Crippen LogP contribution >= 0.6 is 16.5 Å².